The van der Waals surface area contributed by atoms with Crippen molar-refractivity contribution in [2.45, 2.75) is 76.8 Å². The lowest BCUT2D eigenvalue weighted by Gasteiger charge is -2.29. The molecule has 2 rings (SSSR count). The second-order valence-corrected chi connectivity index (χ2v) is 6.06. The van der Waals surface area contributed by atoms with Crippen molar-refractivity contribution in [2.75, 3.05) is 6.54 Å². The third kappa shape index (κ3) is 3.98. The second-order valence-electron chi connectivity index (χ2n) is 6.06. The van der Waals surface area contributed by atoms with Gasteiger partial charge >= 0.3 is 0 Å². The molecule has 1 unspecified atom stereocenters. The number of nitrogens with two attached hydrogens (primary N) is 1. The predicted molar refractivity (Wildman–Crippen MR) is 74.2 cm³/mol. The summed E-state index contributed by atoms with van der Waals surface area (Å²) in [5, 5.41) is 0. The third-order valence-electron chi connectivity index (χ3n) is 4.32. The second kappa shape index (κ2) is 6.55. The van der Waals surface area contributed by atoms with Crippen molar-refractivity contribution in [3.05, 3.63) is 0 Å². The van der Waals surface area contributed by atoms with E-state index in [1.807, 2.05) is 0 Å². The molecule has 104 valence electrons. The average Bonchev–Trinajstić information content (AvgIpc) is 3.20. The van der Waals surface area contributed by atoms with Gasteiger partial charge in [0.25, 0.3) is 0 Å². The molecule has 3 heteroatoms. The zero-order valence-electron chi connectivity index (χ0n) is 11.7. The van der Waals surface area contributed by atoms with Crippen molar-refractivity contribution in [3.8, 4) is 0 Å². The summed E-state index contributed by atoms with van der Waals surface area (Å²) >= 11 is 0. The maximum Gasteiger partial charge on any atom is 0.223 e. The van der Waals surface area contributed by atoms with Gasteiger partial charge in [-0.25, -0.2) is 0 Å². The summed E-state index contributed by atoms with van der Waals surface area (Å²) < 4.78 is 0. The van der Waals surface area contributed by atoms with E-state index >= 15 is 0 Å². The maximum atomic E-state index is 12.3. The Morgan fingerprint density at radius 3 is 2.39 bits per heavy atom. The zero-order valence-corrected chi connectivity index (χ0v) is 11.7. The highest BCUT2D eigenvalue weighted by Gasteiger charge is 2.41. The number of hydrogen-bond acceptors (Lipinski definition) is 2. The molecule has 18 heavy (non-hydrogen) atoms. The molecular weight excluding hydrogens is 224 g/mol. The van der Waals surface area contributed by atoms with Crippen LogP contribution in [-0.2, 0) is 4.79 Å². The zero-order chi connectivity index (χ0) is 13.0. The van der Waals surface area contributed by atoms with Crippen LogP contribution >= 0.6 is 0 Å². The lowest BCUT2D eigenvalue weighted by molar-refractivity contribution is -0.134. The number of rotatable bonds is 9. The first-order chi connectivity index (χ1) is 8.74. The van der Waals surface area contributed by atoms with Crippen LogP contribution in [0.3, 0.4) is 0 Å². The van der Waals surface area contributed by atoms with Gasteiger partial charge in [0, 0.05) is 18.5 Å². The molecule has 0 heterocycles. The molecule has 1 atom stereocenters. The van der Waals surface area contributed by atoms with Crippen LogP contribution in [0, 0.1) is 5.92 Å². The van der Waals surface area contributed by atoms with Crippen molar-refractivity contribution < 1.29 is 4.79 Å². The summed E-state index contributed by atoms with van der Waals surface area (Å²) in [6, 6.07) is 1.08. The topological polar surface area (TPSA) is 46.3 Å². The van der Waals surface area contributed by atoms with Crippen molar-refractivity contribution in [1.29, 1.82) is 0 Å². The van der Waals surface area contributed by atoms with E-state index in [1.54, 1.807) is 0 Å². The molecule has 0 aromatic heterocycles. The Hall–Kier alpha value is -0.570. The van der Waals surface area contributed by atoms with E-state index in [2.05, 4.69) is 11.8 Å². The van der Waals surface area contributed by atoms with Crippen molar-refractivity contribution >= 4 is 5.91 Å². The average molecular weight is 252 g/mol. The molecule has 0 aromatic carbocycles. The van der Waals surface area contributed by atoms with Crippen LogP contribution in [-0.4, -0.2) is 29.4 Å². The number of nitrogens with zero attached hydrogens (tertiary/aromatic N) is 1. The highest BCUT2D eigenvalue weighted by atomic mass is 16.2. The summed E-state index contributed by atoms with van der Waals surface area (Å²) in [6.45, 7) is 3.03. The van der Waals surface area contributed by atoms with Gasteiger partial charge in [-0.3, -0.25) is 4.79 Å². The molecule has 2 aliphatic rings. The fourth-order valence-electron chi connectivity index (χ4n) is 2.82. The van der Waals surface area contributed by atoms with Gasteiger partial charge in [-0.05, 0) is 57.9 Å². The summed E-state index contributed by atoms with van der Waals surface area (Å²) in [5.41, 5.74) is 5.47. The minimum Gasteiger partial charge on any atom is -0.337 e. The molecule has 2 aliphatic carbocycles. The SMILES string of the molecule is CC(C1CC1)N(C(=O)CCCCCCN)C1CC1. The number of unbranched alkanes of at least 4 members (excludes halogenated alkanes) is 3. The predicted octanol–water partition coefficient (Wildman–Crippen LogP) is 2.69. The smallest absolute Gasteiger partial charge is 0.223 e. The summed E-state index contributed by atoms with van der Waals surface area (Å²) in [7, 11) is 0. The molecule has 2 saturated carbocycles. The van der Waals surface area contributed by atoms with E-state index in [-0.39, 0.29) is 0 Å². The fraction of sp³-hybridized carbons (Fsp3) is 0.933. The van der Waals surface area contributed by atoms with Crippen LogP contribution in [0.25, 0.3) is 0 Å². The quantitative estimate of drug-likeness (QED) is 0.641. The van der Waals surface area contributed by atoms with Gasteiger partial charge in [0.2, 0.25) is 5.91 Å². The Balaban J connectivity index is 1.70. The first-order valence-corrected chi connectivity index (χ1v) is 7.75. The largest absolute Gasteiger partial charge is 0.337 e. The summed E-state index contributed by atoms with van der Waals surface area (Å²) in [6.07, 6.45) is 10.3. The third-order valence-corrected chi connectivity index (χ3v) is 4.32. The fourth-order valence-corrected chi connectivity index (χ4v) is 2.82. The first kappa shape index (κ1) is 13.9. The van der Waals surface area contributed by atoms with Crippen LogP contribution in [0.5, 0.6) is 0 Å². The Labute approximate surface area is 111 Å². The van der Waals surface area contributed by atoms with Gasteiger partial charge in [-0.1, -0.05) is 12.8 Å². The molecule has 2 N–H and O–H groups in total. The van der Waals surface area contributed by atoms with E-state index in [0.717, 1.165) is 38.1 Å². The summed E-state index contributed by atoms with van der Waals surface area (Å²) in [4.78, 5) is 14.6. The molecular formula is C15H28N2O. The first-order valence-electron chi connectivity index (χ1n) is 7.75. The van der Waals surface area contributed by atoms with Crippen LogP contribution in [0.15, 0.2) is 0 Å². The highest BCUT2D eigenvalue weighted by Crippen LogP contribution is 2.40. The van der Waals surface area contributed by atoms with Gasteiger partial charge < -0.3 is 10.6 Å². The number of carbonyl (C=O) groups is 1. The molecule has 0 radical (unpaired) electrons. The summed E-state index contributed by atoms with van der Waals surface area (Å²) in [5.74, 6) is 1.21. The van der Waals surface area contributed by atoms with Gasteiger partial charge in [0.15, 0.2) is 0 Å². The number of hydrogen-bond donors (Lipinski definition) is 1. The highest BCUT2D eigenvalue weighted by molar-refractivity contribution is 5.77. The lowest BCUT2D eigenvalue weighted by Crippen LogP contribution is -2.41. The minimum atomic E-state index is 0.407. The Morgan fingerprint density at radius 2 is 1.83 bits per heavy atom. The van der Waals surface area contributed by atoms with E-state index in [1.165, 1.54) is 32.1 Å². The van der Waals surface area contributed by atoms with Gasteiger partial charge in [0.1, 0.15) is 0 Å². The monoisotopic (exact) mass is 252 g/mol. The Bertz CT molecular complexity index is 272. The van der Waals surface area contributed by atoms with Gasteiger partial charge in [-0.2, -0.15) is 0 Å². The van der Waals surface area contributed by atoms with E-state index in [9.17, 15) is 4.79 Å². The normalized spacial score (nSPS) is 20.8. The molecule has 0 spiro atoms. The van der Waals surface area contributed by atoms with Crippen LogP contribution in [0.1, 0.15) is 64.7 Å². The van der Waals surface area contributed by atoms with Crippen molar-refractivity contribution in [2.24, 2.45) is 11.7 Å². The lowest BCUT2D eigenvalue weighted by atomic mass is 10.1. The molecule has 2 fully saturated rings. The van der Waals surface area contributed by atoms with Crippen LogP contribution < -0.4 is 5.73 Å². The molecule has 0 aliphatic heterocycles. The Morgan fingerprint density at radius 1 is 1.17 bits per heavy atom. The number of carbonyl (C=O) groups excluding carboxylic acids is 1. The standard InChI is InChI=1S/C15H28N2O/c1-12(13-7-8-13)17(14-9-10-14)15(18)6-4-2-3-5-11-16/h12-14H,2-11,16H2,1H3. The van der Waals surface area contributed by atoms with Crippen LogP contribution in [0.4, 0.5) is 0 Å². The molecule has 0 saturated heterocycles. The molecule has 3 nitrogen and oxygen atoms in total. The molecule has 0 aromatic rings. The Kier molecular flexibility index (Phi) is 5.04. The number of amides is 1. The van der Waals surface area contributed by atoms with Crippen molar-refractivity contribution in [1.82, 2.24) is 4.90 Å². The molecule has 0 bridgehead atoms. The van der Waals surface area contributed by atoms with E-state index < -0.39 is 0 Å². The minimum absolute atomic E-state index is 0.407. The van der Waals surface area contributed by atoms with Gasteiger partial charge in [-0.15, -0.1) is 0 Å². The van der Waals surface area contributed by atoms with E-state index in [4.69, 9.17) is 5.73 Å². The maximum absolute atomic E-state index is 12.3. The van der Waals surface area contributed by atoms with Crippen molar-refractivity contribution in [3.63, 3.8) is 0 Å². The van der Waals surface area contributed by atoms with Crippen LogP contribution in [0.2, 0.25) is 0 Å². The molecule has 1 amide bonds. The van der Waals surface area contributed by atoms with E-state index in [0.29, 0.717) is 18.0 Å². The van der Waals surface area contributed by atoms with Gasteiger partial charge in [0.05, 0.1) is 0 Å².